The van der Waals surface area contributed by atoms with E-state index in [1.54, 1.807) is 12.1 Å². The molecule has 0 saturated carbocycles. The standard InChI is InChI=1S/C46H70F2N2O6/c1-33(2)43-39-17-15-37(47)29-35(39)19-21-45(43,55-41(51)31-53-7)23-27-49(5)25-13-11-9-10-12-14-26-50(6)28-24-46(56-42(52)32-54-8)22-20-36-30-38(48)16-18-40(36)44(46)34(3)4/h15-18,29-30,33-34,43-44H,9-14,19-28,31-32H2,1-8H3/t43?,44?,45-,46+. The number of hydrogen-bond donors (Lipinski definition) is 0. The first-order chi connectivity index (χ1) is 26.7. The first-order valence-corrected chi connectivity index (χ1v) is 21.1. The third-order valence-corrected chi connectivity index (χ3v) is 12.3. The van der Waals surface area contributed by atoms with E-state index in [0.717, 1.165) is 61.3 Å². The lowest BCUT2D eigenvalue weighted by atomic mass is 9.65. The number of hydrogen-bond acceptors (Lipinski definition) is 8. The number of unbranched alkanes of at least 4 members (excludes halogenated alkanes) is 5. The highest BCUT2D eigenvalue weighted by atomic mass is 19.1. The fourth-order valence-electron chi connectivity index (χ4n) is 9.79. The third kappa shape index (κ3) is 12.3. The van der Waals surface area contributed by atoms with Crippen LogP contribution in [0.15, 0.2) is 36.4 Å². The molecular weight excluding hydrogens is 715 g/mol. The second-order valence-electron chi connectivity index (χ2n) is 17.3. The van der Waals surface area contributed by atoms with Crippen LogP contribution in [0.2, 0.25) is 0 Å². The molecule has 2 aromatic rings. The Kier molecular flexibility index (Phi) is 17.8. The second-order valence-corrected chi connectivity index (χ2v) is 17.3. The van der Waals surface area contributed by atoms with Crippen molar-refractivity contribution in [1.29, 1.82) is 0 Å². The summed E-state index contributed by atoms with van der Waals surface area (Å²) in [5, 5.41) is 0. The number of methoxy groups -OCH3 is 2. The Morgan fingerprint density at radius 1 is 0.643 bits per heavy atom. The van der Waals surface area contributed by atoms with Gasteiger partial charge in [-0.1, -0.05) is 65.5 Å². The minimum absolute atomic E-state index is 0.0199. The summed E-state index contributed by atoms with van der Waals surface area (Å²) in [4.78, 5) is 30.4. The Morgan fingerprint density at radius 3 is 1.38 bits per heavy atom. The zero-order valence-corrected chi connectivity index (χ0v) is 35.6. The summed E-state index contributed by atoms with van der Waals surface area (Å²) in [5.74, 6) is -0.763. The smallest absolute Gasteiger partial charge is 0.332 e. The predicted molar refractivity (Wildman–Crippen MR) is 218 cm³/mol. The molecule has 56 heavy (non-hydrogen) atoms. The number of rotatable bonds is 23. The molecule has 314 valence electrons. The minimum Gasteiger partial charge on any atom is -0.457 e. The van der Waals surface area contributed by atoms with Crippen molar-refractivity contribution in [2.24, 2.45) is 11.8 Å². The molecule has 2 aliphatic carbocycles. The molecule has 0 spiro atoms. The summed E-state index contributed by atoms with van der Waals surface area (Å²) in [5.41, 5.74) is 2.89. The highest BCUT2D eigenvalue weighted by Gasteiger charge is 2.49. The van der Waals surface area contributed by atoms with Crippen molar-refractivity contribution in [3.05, 3.63) is 70.3 Å². The summed E-state index contributed by atoms with van der Waals surface area (Å²) in [6.45, 7) is 12.0. The van der Waals surface area contributed by atoms with Crippen LogP contribution in [-0.2, 0) is 41.4 Å². The van der Waals surface area contributed by atoms with Gasteiger partial charge in [0.2, 0.25) is 0 Å². The van der Waals surface area contributed by atoms with Crippen molar-refractivity contribution >= 4 is 11.9 Å². The van der Waals surface area contributed by atoms with Crippen molar-refractivity contribution in [1.82, 2.24) is 9.80 Å². The molecular formula is C46H70F2N2O6. The molecule has 0 aromatic heterocycles. The predicted octanol–water partition coefficient (Wildman–Crippen LogP) is 8.88. The highest BCUT2D eigenvalue weighted by Crippen LogP contribution is 2.49. The molecule has 2 unspecified atom stereocenters. The van der Waals surface area contributed by atoms with Gasteiger partial charge in [0.15, 0.2) is 0 Å². The van der Waals surface area contributed by atoms with Gasteiger partial charge in [-0.15, -0.1) is 0 Å². The van der Waals surface area contributed by atoms with E-state index in [9.17, 15) is 18.4 Å². The third-order valence-electron chi connectivity index (χ3n) is 12.3. The number of nitrogens with zero attached hydrogens (tertiary/aromatic N) is 2. The number of benzene rings is 2. The van der Waals surface area contributed by atoms with Crippen molar-refractivity contribution in [3.8, 4) is 0 Å². The average molecular weight is 785 g/mol. The molecule has 8 nitrogen and oxygen atoms in total. The zero-order valence-electron chi connectivity index (χ0n) is 35.6. The van der Waals surface area contributed by atoms with Crippen LogP contribution in [0, 0.1) is 23.5 Å². The summed E-state index contributed by atoms with van der Waals surface area (Å²) in [6, 6.07) is 10.1. The number of esters is 2. The first kappa shape index (κ1) is 45.8. The number of carbonyl (C=O) groups is 2. The first-order valence-electron chi connectivity index (χ1n) is 21.1. The Hall–Kier alpha value is -2.92. The number of ether oxygens (including phenoxy) is 4. The van der Waals surface area contributed by atoms with Crippen LogP contribution in [0.25, 0.3) is 0 Å². The normalized spacial score (nSPS) is 22.1. The van der Waals surface area contributed by atoms with Crippen LogP contribution in [-0.4, -0.2) is 101 Å². The van der Waals surface area contributed by atoms with E-state index < -0.39 is 11.2 Å². The van der Waals surface area contributed by atoms with E-state index in [-0.39, 0.29) is 60.5 Å². The van der Waals surface area contributed by atoms with Crippen LogP contribution in [0.1, 0.15) is 126 Å². The maximum absolute atomic E-state index is 14.1. The highest BCUT2D eigenvalue weighted by molar-refractivity contribution is 5.72. The molecule has 4 rings (SSSR count). The maximum Gasteiger partial charge on any atom is 0.332 e. The molecule has 4 atom stereocenters. The van der Waals surface area contributed by atoms with Crippen molar-refractivity contribution in [2.45, 2.75) is 128 Å². The lowest BCUT2D eigenvalue weighted by Gasteiger charge is -2.47. The number of fused-ring (bicyclic) bond motifs is 2. The largest absolute Gasteiger partial charge is 0.457 e. The van der Waals surface area contributed by atoms with E-state index in [1.807, 2.05) is 12.1 Å². The molecule has 2 aliphatic rings. The summed E-state index contributed by atoms with van der Waals surface area (Å²) in [6.07, 6.45) is 11.1. The number of halogens is 2. The Labute approximate surface area is 336 Å². The van der Waals surface area contributed by atoms with E-state index in [1.165, 1.54) is 52.0 Å². The zero-order chi connectivity index (χ0) is 40.9. The molecule has 0 saturated heterocycles. The van der Waals surface area contributed by atoms with Crippen LogP contribution in [0.5, 0.6) is 0 Å². The molecule has 0 fully saturated rings. The van der Waals surface area contributed by atoms with Crippen LogP contribution < -0.4 is 0 Å². The Morgan fingerprint density at radius 2 is 1.02 bits per heavy atom. The van der Waals surface area contributed by atoms with Crippen LogP contribution in [0.3, 0.4) is 0 Å². The molecule has 0 amide bonds. The van der Waals surface area contributed by atoms with E-state index in [0.29, 0.717) is 38.5 Å². The van der Waals surface area contributed by atoms with Crippen LogP contribution >= 0.6 is 0 Å². The minimum atomic E-state index is -0.663. The molecule has 0 N–H and O–H groups in total. The SMILES string of the molecule is COCC(=O)O[C@@]1(CCN(C)CCCCCCCCN(C)CC[C@@]2(OC(=O)COC)CCc3cc(F)ccc3C2C(C)C)CCc2cc(F)ccc2C1C(C)C. The lowest BCUT2D eigenvalue weighted by molar-refractivity contribution is -0.173. The maximum atomic E-state index is 14.1. The van der Waals surface area contributed by atoms with Gasteiger partial charge in [0.25, 0.3) is 0 Å². The van der Waals surface area contributed by atoms with Gasteiger partial charge in [0, 0.05) is 52.0 Å². The summed E-state index contributed by atoms with van der Waals surface area (Å²) >= 11 is 0. The van der Waals surface area contributed by atoms with Gasteiger partial charge >= 0.3 is 11.9 Å². The molecule has 0 radical (unpaired) electrons. The van der Waals surface area contributed by atoms with Gasteiger partial charge in [-0.2, -0.15) is 0 Å². The monoisotopic (exact) mass is 785 g/mol. The molecule has 2 aromatic carbocycles. The van der Waals surface area contributed by atoms with Gasteiger partial charge in [-0.05, 0) is 124 Å². The van der Waals surface area contributed by atoms with Crippen molar-refractivity contribution in [3.63, 3.8) is 0 Å². The van der Waals surface area contributed by atoms with Gasteiger partial charge in [0.05, 0.1) is 0 Å². The van der Waals surface area contributed by atoms with Gasteiger partial charge in [-0.3, -0.25) is 0 Å². The van der Waals surface area contributed by atoms with E-state index in [2.05, 4.69) is 51.6 Å². The molecule has 0 heterocycles. The van der Waals surface area contributed by atoms with Crippen LogP contribution in [0.4, 0.5) is 8.78 Å². The second kappa shape index (κ2) is 21.7. The fourth-order valence-corrected chi connectivity index (χ4v) is 9.79. The molecule has 10 heteroatoms. The molecule has 0 aliphatic heterocycles. The molecule has 0 bridgehead atoms. The van der Waals surface area contributed by atoms with E-state index >= 15 is 0 Å². The van der Waals surface area contributed by atoms with E-state index in [4.69, 9.17) is 18.9 Å². The number of aryl methyl sites for hydroxylation is 2. The van der Waals surface area contributed by atoms with Crippen molar-refractivity contribution in [2.75, 3.05) is 67.7 Å². The average Bonchev–Trinajstić information content (AvgIpc) is 3.14. The van der Waals surface area contributed by atoms with Gasteiger partial charge < -0.3 is 28.7 Å². The topological polar surface area (TPSA) is 77.5 Å². The summed E-state index contributed by atoms with van der Waals surface area (Å²) < 4.78 is 51.1. The van der Waals surface area contributed by atoms with Gasteiger partial charge in [0.1, 0.15) is 36.1 Å². The quantitative estimate of drug-likeness (QED) is 0.0818. The Balaban J connectivity index is 1.21. The summed E-state index contributed by atoms with van der Waals surface area (Å²) in [7, 11) is 7.31. The fraction of sp³-hybridized carbons (Fsp3) is 0.696. The van der Waals surface area contributed by atoms with Gasteiger partial charge in [-0.25, -0.2) is 18.4 Å². The lowest BCUT2D eigenvalue weighted by Crippen LogP contribution is -2.49. The van der Waals surface area contributed by atoms with Crippen molar-refractivity contribution < 1.29 is 37.3 Å². The Bertz CT molecular complexity index is 1440. The number of carbonyl (C=O) groups excluding carboxylic acids is 2.